The molecule has 1 aromatic rings. The van der Waals surface area contributed by atoms with E-state index < -0.39 is 0 Å². The zero-order valence-corrected chi connectivity index (χ0v) is 17.7. The Morgan fingerprint density at radius 2 is 1.86 bits per heavy atom. The average molecular weight is 394 g/mol. The van der Waals surface area contributed by atoms with Crippen molar-refractivity contribution >= 4 is 0 Å². The van der Waals surface area contributed by atoms with Crippen LogP contribution in [0.3, 0.4) is 0 Å². The van der Waals surface area contributed by atoms with E-state index in [0.717, 1.165) is 30.7 Å². The first-order chi connectivity index (χ1) is 14.3. The number of hydrogen-bond acceptors (Lipinski definition) is 4. The van der Waals surface area contributed by atoms with E-state index in [4.69, 9.17) is 10.00 Å². The fourth-order valence-corrected chi connectivity index (χ4v) is 6.02. The van der Waals surface area contributed by atoms with Crippen molar-refractivity contribution in [2.45, 2.75) is 82.0 Å². The fraction of sp³-hybridized carbons (Fsp3) is 0.720. The molecule has 2 aliphatic heterocycles. The van der Waals surface area contributed by atoms with Gasteiger partial charge < -0.3 is 4.74 Å². The Morgan fingerprint density at radius 3 is 2.59 bits per heavy atom. The summed E-state index contributed by atoms with van der Waals surface area (Å²) in [5.41, 5.74) is 2.40. The first-order valence-corrected chi connectivity index (χ1v) is 11.9. The molecule has 156 valence electrons. The van der Waals surface area contributed by atoms with Gasteiger partial charge in [-0.2, -0.15) is 5.26 Å². The lowest BCUT2D eigenvalue weighted by Gasteiger charge is -2.63. The van der Waals surface area contributed by atoms with E-state index in [-0.39, 0.29) is 0 Å². The molecule has 2 aliphatic carbocycles. The van der Waals surface area contributed by atoms with Crippen molar-refractivity contribution in [3.63, 3.8) is 0 Å². The largest absolute Gasteiger partial charge is 0.375 e. The molecule has 2 heterocycles. The summed E-state index contributed by atoms with van der Waals surface area (Å²) in [6.45, 7) is 5.49. The van der Waals surface area contributed by atoms with Gasteiger partial charge in [0.15, 0.2) is 0 Å². The maximum atomic E-state index is 9.13. The highest BCUT2D eigenvalue weighted by Gasteiger charge is 2.56. The minimum Gasteiger partial charge on any atom is -0.375 e. The van der Waals surface area contributed by atoms with Crippen LogP contribution in [-0.4, -0.2) is 53.7 Å². The van der Waals surface area contributed by atoms with Gasteiger partial charge in [-0.1, -0.05) is 31.4 Å². The van der Waals surface area contributed by atoms with Crippen LogP contribution in [0.4, 0.5) is 0 Å². The molecule has 0 N–H and O–H groups in total. The van der Waals surface area contributed by atoms with Gasteiger partial charge in [0.25, 0.3) is 0 Å². The highest BCUT2D eigenvalue weighted by Crippen LogP contribution is 2.48. The van der Waals surface area contributed by atoms with Crippen molar-refractivity contribution in [3.8, 4) is 6.07 Å². The lowest BCUT2D eigenvalue weighted by atomic mass is 9.69. The molecule has 5 rings (SSSR count). The Labute approximate surface area is 175 Å². The lowest BCUT2D eigenvalue weighted by molar-refractivity contribution is -0.203. The van der Waals surface area contributed by atoms with Gasteiger partial charge in [0.1, 0.15) is 0 Å². The average Bonchev–Trinajstić information content (AvgIpc) is 3.59. The second kappa shape index (κ2) is 8.38. The second-order valence-corrected chi connectivity index (χ2v) is 9.90. The van der Waals surface area contributed by atoms with Gasteiger partial charge >= 0.3 is 0 Å². The molecule has 1 aromatic carbocycles. The summed E-state index contributed by atoms with van der Waals surface area (Å²) in [7, 11) is 0. The number of ether oxygens (including phenoxy) is 1. The first-order valence-electron chi connectivity index (χ1n) is 11.9. The molecule has 2 saturated carbocycles. The maximum absolute atomic E-state index is 9.13. The molecule has 2 saturated heterocycles. The topological polar surface area (TPSA) is 39.5 Å². The van der Waals surface area contributed by atoms with Gasteiger partial charge in [0.2, 0.25) is 0 Å². The van der Waals surface area contributed by atoms with E-state index in [2.05, 4.69) is 21.9 Å². The smallest absolute Gasteiger partial charge is 0.0991 e. The minimum absolute atomic E-state index is 0.362. The Hall–Kier alpha value is -1.41. The number of likely N-dealkylation sites (tertiary alicyclic amines) is 2. The van der Waals surface area contributed by atoms with Crippen molar-refractivity contribution in [1.29, 1.82) is 5.26 Å². The van der Waals surface area contributed by atoms with Gasteiger partial charge in [0, 0.05) is 31.3 Å². The highest BCUT2D eigenvalue weighted by atomic mass is 16.5. The molecule has 1 atom stereocenters. The zero-order valence-electron chi connectivity index (χ0n) is 17.7. The van der Waals surface area contributed by atoms with Gasteiger partial charge in [-0.15, -0.1) is 0 Å². The van der Waals surface area contributed by atoms with Gasteiger partial charge in [-0.25, -0.2) is 0 Å². The molecule has 29 heavy (non-hydrogen) atoms. The molecule has 4 heteroatoms. The summed E-state index contributed by atoms with van der Waals surface area (Å²) in [6.07, 6.45) is 12.7. The highest BCUT2D eigenvalue weighted by molar-refractivity contribution is 5.32. The summed E-state index contributed by atoms with van der Waals surface area (Å²) < 4.78 is 6.46. The van der Waals surface area contributed by atoms with Crippen molar-refractivity contribution in [2.24, 2.45) is 5.92 Å². The summed E-state index contributed by atoms with van der Waals surface area (Å²) in [4.78, 5) is 5.44. The van der Waals surface area contributed by atoms with E-state index >= 15 is 0 Å². The molecule has 1 spiro atoms. The minimum atomic E-state index is 0.362. The van der Waals surface area contributed by atoms with Crippen LogP contribution in [0.25, 0.3) is 0 Å². The van der Waals surface area contributed by atoms with Crippen molar-refractivity contribution in [2.75, 3.05) is 26.2 Å². The van der Waals surface area contributed by atoms with Crippen molar-refractivity contribution in [3.05, 3.63) is 35.4 Å². The normalized spacial score (nSPS) is 28.2. The summed E-state index contributed by atoms with van der Waals surface area (Å²) in [5, 5.41) is 9.13. The van der Waals surface area contributed by atoms with E-state index in [9.17, 15) is 0 Å². The van der Waals surface area contributed by atoms with E-state index in [1.807, 2.05) is 18.2 Å². The zero-order chi connectivity index (χ0) is 19.7. The number of rotatable bonds is 6. The SMILES string of the molecule is N#Cc1cccc(CN2CCC(N3CC(OCC4CC4)C34CCCCC4)CC2)c1. The van der Waals surface area contributed by atoms with E-state index in [0.29, 0.717) is 11.6 Å². The van der Waals surface area contributed by atoms with Crippen LogP contribution in [0.15, 0.2) is 24.3 Å². The Kier molecular flexibility index (Phi) is 5.65. The molecule has 0 radical (unpaired) electrons. The van der Waals surface area contributed by atoms with Crippen LogP contribution >= 0.6 is 0 Å². The standard InChI is InChI=1S/C25H35N3O/c26-16-21-5-4-6-22(15-21)17-27-13-9-23(10-14-27)28-18-24(29-19-20-7-8-20)25(28)11-2-1-3-12-25/h4-6,15,20,23-24H,1-3,7-14,17-19H2. The number of hydrogen-bond donors (Lipinski definition) is 0. The Balaban J connectivity index is 1.17. The molecule has 4 nitrogen and oxygen atoms in total. The van der Waals surface area contributed by atoms with Gasteiger partial charge in [-0.05, 0) is 75.2 Å². The van der Waals surface area contributed by atoms with Crippen molar-refractivity contribution in [1.82, 2.24) is 9.80 Å². The summed E-state index contributed by atoms with van der Waals surface area (Å²) >= 11 is 0. The van der Waals surface area contributed by atoms with Crippen LogP contribution in [0.5, 0.6) is 0 Å². The van der Waals surface area contributed by atoms with Crippen LogP contribution in [0.1, 0.15) is 68.9 Å². The Morgan fingerprint density at radius 1 is 1.07 bits per heavy atom. The number of benzene rings is 1. The van der Waals surface area contributed by atoms with Crippen LogP contribution in [0, 0.1) is 17.2 Å². The molecular weight excluding hydrogens is 358 g/mol. The van der Waals surface area contributed by atoms with Crippen LogP contribution in [0.2, 0.25) is 0 Å². The summed E-state index contributed by atoms with van der Waals surface area (Å²) in [5.74, 6) is 0.868. The third-order valence-corrected chi connectivity index (χ3v) is 7.94. The third kappa shape index (κ3) is 4.10. The molecule has 4 fully saturated rings. The van der Waals surface area contributed by atoms with E-state index in [1.54, 1.807) is 0 Å². The van der Waals surface area contributed by atoms with Crippen LogP contribution < -0.4 is 0 Å². The first kappa shape index (κ1) is 19.5. The lowest BCUT2D eigenvalue weighted by Crippen LogP contribution is -2.75. The molecular formula is C25H35N3O. The number of nitriles is 1. The number of nitrogens with zero attached hydrogens (tertiary/aromatic N) is 3. The van der Waals surface area contributed by atoms with Crippen LogP contribution in [-0.2, 0) is 11.3 Å². The number of piperidine rings is 1. The monoisotopic (exact) mass is 393 g/mol. The van der Waals surface area contributed by atoms with E-state index in [1.165, 1.54) is 83.0 Å². The van der Waals surface area contributed by atoms with Gasteiger partial charge in [-0.3, -0.25) is 9.80 Å². The molecule has 0 aromatic heterocycles. The predicted molar refractivity (Wildman–Crippen MR) is 114 cm³/mol. The fourth-order valence-electron chi connectivity index (χ4n) is 6.02. The Bertz CT molecular complexity index is 739. The second-order valence-electron chi connectivity index (χ2n) is 9.90. The van der Waals surface area contributed by atoms with Gasteiger partial charge in [0.05, 0.1) is 17.7 Å². The molecule has 1 unspecified atom stereocenters. The van der Waals surface area contributed by atoms with Crippen molar-refractivity contribution < 1.29 is 4.74 Å². The third-order valence-electron chi connectivity index (χ3n) is 7.94. The molecule has 0 bridgehead atoms. The predicted octanol–water partition coefficient (Wildman–Crippen LogP) is 4.34. The molecule has 0 amide bonds. The molecule has 4 aliphatic rings. The summed E-state index contributed by atoms with van der Waals surface area (Å²) in [6, 6.07) is 11.1. The quantitative estimate of drug-likeness (QED) is 0.721. The maximum Gasteiger partial charge on any atom is 0.0991 e.